The fourth-order valence-electron chi connectivity index (χ4n) is 2.17. The van der Waals surface area contributed by atoms with Crippen LogP contribution in [0, 0.1) is 0 Å². The Hall–Kier alpha value is -1.39. The summed E-state index contributed by atoms with van der Waals surface area (Å²) < 4.78 is 7.37. The first-order chi connectivity index (χ1) is 9.24. The van der Waals surface area contributed by atoms with Gasteiger partial charge < -0.3 is 4.74 Å². The van der Waals surface area contributed by atoms with Gasteiger partial charge in [0.25, 0.3) is 0 Å². The van der Waals surface area contributed by atoms with E-state index in [1.165, 1.54) is 0 Å². The van der Waals surface area contributed by atoms with Crippen LogP contribution >= 0.6 is 27.3 Å². The van der Waals surface area contributed by atoms with E-state index in [9.17, 15) is 4.79 Å². The molecule has 2 aromatic carbocycles. The van der Waals surface area contributed by atoms with Gasteiger partial charge in [-0.25, -0.2) is 0 Å². The van der Waals surface area contributed by atoms with Gasteiger partial charge >= 0.3 is 0 Å². The zero-order valence-electron chi connectivity index (χ0n) is 10.3. The van der Waals surface area contributed by atoms with Crippen molar-refractivity contribution in [2.24, 2.45) is 0 Å². The fraction of sp³-hybridized carbons (Fsp3) is 0.133. The smallest absolute Gasteiger partial charge is 0.196 e. The van der Waals surface area contributed by atoms with Crippen LogP contribution in [0.15, 0.2) is 41.2 Å². The molecule has 0 N–H and O–H groups in total. The average molecular weight is 335 g/mol. The van der Waals surface area contributed by atoms with Crippen LogP contribution in [-0.4, -0.2) is 7.11 Å². The lowest BCUT2D eigenvalue weighted by atomic mass is 10.1. The molecule has 1 heterocycles. The molecule has 0 saturated heterocycles. The molecule has 2 nitrogen and oxygen atoms in total. The van der Waals surface area contributed by atoms with Crippen LogP contribution in [-0.2, 0) is 5.33 Å². The highest BCUT2D eigenvalue weighted by Crippen LogP contribution is 2.31. The third-order valence-corrected chi connectivity index (χ3v) is 4.86. The van der Waals surface area contributed by atoms with Crippen LogP contribution in [0.1, 0.15) is 5.56 Å². The first-order valence-electron chi connectivity index (χ1n) is 5.83. The quantitative estimate of drug-likeness (QED) is 0.515. The maximum atomic E-state index is 12.5. The minimum atomic E-state index is 0.0729. The van der Waals surface area contributed by atoms with Gasteiger partial charge in [-0.15, -0.1) is 11.3 Å². The third kappa shape index (κ3) is 2.05. The van der Waals surface area contributed by atoms with E-state index in [0.717, 1.165) is 31.5 Å². The molecule has 0 bridgehead atoms. The van der Waals surface area contributed by atoms with Crippen molar-refractivity contribution in [3.8, 4) is 5.75 Å². The second-order valence-electron chi connectivity index (χ2n) is 4.22. The molecule has 0 saturated carbocycles. The number of hydrogen-bond donors (Lipinski definition) is 0. The van der Waals surface area contributed by atoms with Crippen LogP contribution in [0.3, 0.4) is 0 Å². The fourth-order valence-corrected chi connectivity index (χ4v) is 3.72. The Balaban J connectivity index is 2.48. The summed E-state index contributed by atoms with van der Waals surface area (Å²) in [6.07, 6.45) is 0. The monoisotopic (exact) mass is 334 g/mol. The van der Waals surface area contributed by atoms with E-state index < -0.39 is 0 Å². The molecule has 0 aliphatic carbocycles. The molecule has 0 fully saturated rings. The molecule has 3 rings (SSSR count). The molecule has 0 aliphatic heterocycles. The number of hydrogen-bond acceptors (Lipinski definition) is 3. The molecule has 96 valence electrons. The van der Waals surface area contributed by atoms with Crippen molar-refractivity contribution in [2.75, 3.05) is 7.11 Å². The Kier molecular flexibility index (Phi) is 3.29. The van der Waals surface area contributed by atoms with E-state index >= 15 is 0 Å². The Morgan fingerprint density at radius 2 is 1.95 bits per heavy atom. The normalized spacial score (nSPS) is 11.1. The van der Waals surface area contributed by atoms with Crippen molar-refractivity contribution in [3.63, 3.8) is 0 Å². The summed E-state index contributed by atoms with van der Waals surface area (Å²) in [6.45, 7) is 0. The first-order valence-corrected chi connectivity index (χ1v) is 7.77. The molecule has 0 radical (unpaired) electrons. The summed E-state index contributed by atoms with van der Waals surface area (Å²) in [4.78, 5) is 12.5. The Morgan fingerprint density at radius 3 is 2.68 bits per heavy atom. The molecule has 0 unspecified atom stereocenters. The Bertz CT molecular complexity index is 823. The number of methoxy groups -OCH3 is 1. The highest BCUT2D eigenvalue weighted by Gasteiger charge is 2.10. The van der Waals surface area contributed by atoms with Crippen LogP contribution in [0.2, 0.25) is 0 Å². The largest absolute Gasteiger partial charge is 0.496 e. The van der Waals surface area contributed by atoms with E-state index in [2.05, 4.69) is 15.9 Å². The highest BCUT2D eigenvalue weighted by molar-refractivity contribution is 9.08. The molecule has 0 aliphatic rings. The molecular formula is C15H11BrO2S. The van der Waals surface area contributed by atoms with Gasteiger partial charge in [-0.2, -0.15) is 0 Å². The minimum Gasteiger partial charge on any atom is -0.496 e. The first kappa shape index (κ1) is 12.6. The molecular weight excluding hydrogens is 324 g/mol. The number of rotatable bonds is 2. The van der Waals surface area contributed by atoms with E-state index in [4.69, 9.17) is 4.74 Å². The van der Waals surface area contributed by atoms with Crippen LogP contribution in [0.4, 0.5) is 0 Å². The number of benzene rings is 2. The second-order valence-corrected chi connectivity index (χ2v) is 5.87. The van der Waals surface area contributed by atoms with Gasteiger partial charge in [0.15, 0.2) is 5.43 Å². The summed E-state index contributed by atoms with van der Waals surface area (Å²) in [5.74, 6) is 0.754. The number of ether oxygens (including phenoxy) is 1. The Morgan fingerprint density at radius 1 is 1.16 bits per heavy atom. The lowest BCUT2D eigenvalue weighted by Crippen LogP contribution is -2.02. The molecule has 19 heavy (non-hydrogen) atoms. The van der Waals surface area contributed by atoms with E-state index in [1.54, 1.807) is 18.4 Å². The SMILES string of the molecule is COc1cc2c(=O)c3ccccc3sc2cc1CBr. The zero-order chi connectivity index (χ0) is 13.4. The van der Waals surface area contributed by atoms with Gasteiger partial charge in [0.1, 0.15) is 5.75 Å². The van der Waals surface area contributed by atoms with E-state index in [0.29, 0.717) is 5.33 Å². The van der Waals surface area contributed by atoms with Crippen molar-refractivity contribution >= 4 is 47.4 Å². The van der Waals surface area contributed by atoms with E-state index in [-0.39, 0.29) is 5.43 Å². The summed E-state index contributed by atoms with van der Waals surface area (Å²) in [6, 6.07) is 11.6. The topological polar surface area (TPSA) is 26.3 Å². The van der Waals surface area contributed by atoms with Gasteiger partial charge in [-0.1, -0.05) is 28.1 Å². The number of halogens is 1. The van der Waals surface area contributed by atoms with Gasteiger partial charge in [0.2, 0.25) is 0 Å². The standard InChI is InChI=1S/C15H11BrO2S/c1-18-12-7-11-14(6-9(12)8-16)19-13-5-3-2-4-10(13)15(11)17/h2-7H,8H2,1H3. The number of fused-ring (bicyclic) bond motifs is 2. The summed E-state index contributed by atoms with van der Waals surface area (Å²) >= 11 is 5.09. The van der Waals surface area contributed by atoms with Crippen LogP contribution in [0.5, 0.6) is 5.75 Å². The lowest BCUT2D eigenvalue weighted by molar-refractivity contribution is 0.412. The van der Waals surface area contributed by atoms with Crippen molar-refractivity contribution in [1.29, 1.82) is 0 Å². The van der Waals surface area contributed by atoms with Crippen LogP contribution < -0.4 is 10.2 Å². The second kappa shape index (κ2) is 4.94. The maximum Gasteiger partial charge on any atom is 0.196 e. The van der Waals surface area contributed by atoms with Crippen molar-refractivity contribution in [2.45, 2.75) is 5.33 Å². The van der Waals surface area contributed by atoms with Crippen molar-refractivity contribution in [1.82, 2.24) is 0 Å². The van der Waals surface area contributed by atoms with Crippen molar-refractivity contribution in [3.05, 3.63) is 52.2 Å². The van der Waals surface area contributed by atoms with Gasteiger partial charge in [0, 0.05) is 31.1 Å². The van der Waals surface area contributed by atoms with Gasteiger partial charge in [0.05, 0.1) is 7.11 Å². The minimum absolute atomic E-state index is 0.0729. The third-order valence-electron chi connectivity index (χ3n) is 3.12. The summed E-state index contributed by atoms with van der Waals surface area (Å²) in [5, 5.41) is 2.21. The summed E-state index contributed by atoms with van der Waals surface area (Å²) in [5.41, 5.74) is 1.13. The average Bonchev–Trinajstić information content (AvgIpc) is 2.46. The summed E-state index contributed by atoms with van der Waals surface area (Å²) in [7, 11) is 1.63. The molecule has 3 aromatic rings. The molecule has 4 heteroatoms. The van der Waals surface area contributed by atoms with E-state index in [1.807, 2.05) is 36.4 Å². The molecule has 0 atom stereocenters. The number of alkyl halides is 1. The lowest BCUT2D eigenvalue weighted by Gasteiger charge is -2.08. The zero-order valence-corrected chi connectivity index (χ0v) is 12.7. The highest BCUT2D eigenvalue weighted by atomic mass is 79.9. The maximum absolute atomic E-state index is 12.5. The molecule has 0 amide bonds. The molecule has 1 aromatic heterocycles. The molecule has 0 spiro atoms. The predicted molar refractivity (Wildman–Crippen MR) is 84.8 cm³/mol. The van der Waals surface area contributed by atoms with Gasteiger partial charge in [-0.05, 0) is 24.3 Å². The van der Waals surface area contributed by atoms with Crippen LogP contribution in [0.25, 0.3) is 20.2 Å². The predicted octanol–water partition coefficient (Wildman–Crippen LogP) is 4.32. The van der Waals surface area contributed by atoms with Gasteiger partial charge in [-0.3, -0.25) is 4.79 Å². The Labute approximate surface area is 122 Å². The van der Waals surface area contributed by atoms with Crippen molar-refractivity contribution < 1.29 is 4.74 Å².